The predicted molar refractivity (Wildman–Crippen MR) is 109 cm³/mol. The summed E-state index contributed by atoms with van der Waals surface area (Å²) in [5.74, 6) is 0.529. The van der Waals surface area contributed by atoms with Gasteiger partial charge in [0.1, 0.15) is 17.4 Å². The third-order valence-corrected chi connectivity index (χ3v) is 4.94. The number of rotatable bonds is 5. The summed E-state index contributed by atoms with van der Waals surface area (Å²) >= 11 is 0. The van der Waals surface area contributed by atoms with Crippen molar-refractivity contribution in [2.24, 2.45) is 0 Å². The van der Waals surface area contributed by atoms with Gasteiger partial charge in [0.15, 0.2) is 5.65 Å². The number of benzene rings is 2. The molecule has 7 heteroatoms. The molecule has 4 rings (SSSR count). The van der Waals surface area contributed by atoms with Crippen molar-refractivity contribution in [2.75, 3.05) is 11.9 Å². The fourth-order valence-electron chi connectivity index (χ4n) is 3.21. The summed E-state index contributed by atoms with van der Waals surface area (Å²) in [5, 5.41) is 28.0. The third-order valence-electron chi connectivity index (χ3n) is 4.94. The maximum Gasteiger partial charge on any atom is 0.158 e. The van der Waals surface area contributed by atoms with Gasteiger partial charge in [-0.1, -0.05) is 12.1 Å². The number of nitrogens with one attached hydrogen (secondary N) is 1. The topological polar surface area (TPSA) is 82.7 Å². The third kappa shape index (κ3) is 3.77. The summed E-state index contributed by atoms with van der Waals surface area (Å²) in [6.45, 7) is 4.08. The van der Waals surface area contributed by atoms with Crippen molar-refractivity contribution in [1.82, 2.24) is 14.6 Å². The number of phenolic OH excluding ortho intramolecular Hbond substituents is 1. The van der Waals surface area contributed by atoms with E-state index in [4.69, 9.17) is 0 Å². The first kappa shape index (κ1) is 18.9. The van der Waals surface area contributed by atoms with E-state index in [9.17, 15) is 14.6 Å². The van der Waals surface area contributed by atoms with Gasteiger partial charge in [-0.05, 0) is 55.8 Å². The van der Waals surface area contributed by atoms with Crippen molar-refractivity contribution in [3.63, 3.8) is 0 Å². The molecule has 148 valence electrons. The molecule has 0 aliphatic rings. The number of hydrogen-bond donors (Lipinski definition) is 3. The van der Waals surface area contributed by atoms with E-state index in [0.29, 0.717) is 16.9 Å². The molecule has 0 fully saturated rings. The molecule has 0 bridgehead atoms. The number of hydrogen-bond acceptors (Lipinski definition) is 5. The zero-order chi connectivity index (χ0) is 20.5. The van der Waals surface area contributed by atoms with Crippen molar-refractivity contribution >= 4 is 11.5 Å². The quantitative estimate of drug-likeness (QED) is 0.478. The van der Waals surface area contributed by atoms with E-state index in [1.807, 2.05) is 19.9 Å². The Morgan fingerprint density at radius 3 is 2.59 bits per heavy atom. The van der Waals surface area contributed by atoms with Gasteiger partial charge in [0.05, 0.1) is 11.8 Å². The van der Waals surface area contributed by atoms with E-state index in [-0.39, 0.29) is 18.1 Å². The Bertz CT molecular complexity index is 1170. The van der Waals surface area contributed by atoms with E-state index < -0.39 is 6.10 Å². The summed E-state index contributed by atoms with van der Waals surface area (Å²) < 4.78 is 14.9. The maximum absolute atomic E-state index is 13.2. The number of aliphatic hydroxyl groups is 1. The minimum atomic E-state index is -0.808. The molecule has 0 aliphatic heterocycles. The first-order valence-electron chi connectivity index (χ1n) is 9.26. The van der Waals surface area contributed by atoms with Crippen LogP contribution in [0.15, 0.2) is 54.6 Å². The molecule has 6 nitrogen and oxygen atoms in total. The van der Waals surface area contributed by atoms with Crippen LogP contribution in [0.3, 0.4) is 0 Å². The summed E-state index contributed by atoms with van der Waals surface area (Å²) in [4.78, 5) is 4.59. The van der Waals surface area contributed by atoms with Crippen LogP contribution in [0.2, 0.25) is 0 Å². The van der Waals surface area contributed by atoms with Gasteiger partial charge in [0.25, 0.3) is 0 Å². The Kier molecular flexibility index (Phi) is 4.90. The average molecular weight is 392 g/mol. The summed E-state index contributed by atoms with van der Waals surface area (Å²) in [6, 6.07) is 14.5. The molecule has 2 heterocycles. The molecular weight excluding hydrogens is 371 g/mol. The molecule has 4 aromatic rings. The lowest BCUT2D eigenvalue weighted by molar-refractivity contribution is 0.191. The number of aryl methyl sites for hydroxylation is 1. The van der Waals surface area contributed by atoms with Gasteiger partial charge in [0, 0.05) is 29.4 Å². The standard InChI is InChI=1S/C22H21FN4O2/c1-13-14(2)25-21-11-19(15-6-8-17(23)9-7-15)26-27(21)22(13)24-12-20(29)16-4-3-5-18(28)10-16/h3-11,20,24,28-29H,12H2,1-2H3/t20-/m1/s1. The van der Waals surface area contributed by atoms with Crippen LogP contribution in [0.5, 0.6) is 5.75 Å². The van der Waals surface area contributed by atoms with Gasteiger partial charge in [-0.3, -0.25) is 0 Å². The van der Waals surface area contributed by atoms with Crippen molar-refractivity contribution in [3.05, 3.63) is 77.2 Å². The Morgan fingerprint density at radius 1 is 1.10 bits per heavy atom. The molecule has 0 saturated carbocycles. The minimum absolute atomic E-state index is 0.107. The van der Waals surface area contributed by atoms with Crippen LogP contribution in [0.25, 0.3) is 16.9 Å². The summed E-state index contributed by atoms with van der Waals surface area (Å²) in [5.41, 5.74) is 4.50. The zero-order valence-corrected chi connectivity index (χ0v) is 16.1. The molecule has 2 aromatic heterocycles. The SMILES string of the molecule is Cc1nc2cc(-c3ccc(F)cc3)nn2c(NC[C@@H](O)c2cccc(O)c2)c1C. The second-order valence-corrected chi connectivity index (χ2v) is 6.97. The molecule has 0 spiro atoms. The van der Waals surface area contributed by atoms with Crippen LogP contribution in [-0.4, -0.2) is 31.4 Å². The van der Waals surface area contributed by atoms with Gasteiger partial charge < -0.3 is 15.5 Å². The summed E-state index contributed by atoms with van der Waals surface area (Å²) in [6.07, 6.45) is -0.808. The van der Waals surface area contributed by atoms with E-state index in [1.54, 1.807) is 34.8 Å². The van der Waals surface area contributed by atoms with E-state index in [2.05, 4.69) is 15.4 Å². The molecule has 2 aromatic carbocycles. The second-order valence-electron chi connectivity index (χ2n) is 6.97. The normalized spacial score (nSPS) is 12.3. The molecule has 29 heavy (non-hydrogen) atoms. The van der Waals surface area contributed by atoms with Crippen LogP contribution in [-0.2, 0) is 0 Å². The lowest BCUT2D eigenvalue weighted by atomic mass is 10.1. The zero-order valence-electron chi connectivity index (χ0n) is 16.1. The number of nitrogens with zero attached hydrogens (tertiary/aromatic N) is 3. The first-order valence-corrected chi connectivity index (χ1v) is 9.26. The lowest BCUT2D eigenvalue weighted by Crippen LogP contribution is -2.16. The number of aromatic hydroxyl groups is 1. The molecule has 0 saturated heterocycles. The lowest BCUT2D eigenvalue weighted by Gasteiger charge is -2.16. The van der Waals surface area contributed by atoms with Crippen LogP contribution in [0.4, 0.5) is 10.2 Å². The number of phenols is 1. The molecule has 0 radical (unpaired) electrons. The second kappa shape index (κ2) is 7.52. The smallest absolute Gasteiger partial charge is 0.158 e. The van der Waals surface area contributed by atoms with Gasteiger partial charge in [-0.25, -0.2) is 9.37 Å². The monoisotopic (exact) mass is 392 g/mol. The van der Waals surface area contributed by atoms with Crippen LogP contribution in [0.1, 0.15) is 22.9 Å². The average Bonchev–Trinajstić information content (AvgIpc) is 3.12. The number of anilines is 1. The fourth-order valence-corrected chi connectivity index (χ4v) is 3.21. The predicted octanol–water partition coefficient (Wildman–Crippen LogP) is 4.00. The van der Waals surface area contributed by atoms with E-state index >= 15 is 0 Å². The summed E-state index contributed by atoms with van der Waals surface area (Å²) in [7, 11) is 0. The molecule has 0 aliphatic carbocycles. The van der Waals surface area contributed by atoms with Crippen molar-refractivity contribution < 1.29 is 14.6 Å². The maximum atomic E-state index is 13.2. The van der Waals surface area contributed by atoms with E-state index in [0.717, 1.165) is 22.6 Å². The molecule has 3 N–H and O–H groups in total. The largest absolute Gasteiger partial charge is 0.508 e. The van der Waals surface area contributed by atoms with Gasteiger partial charge in [-0.15, -0.1) is 0 Å². The highest BCUT2D eigenvalue weighted by molar-refractivity contribution is 5.66. The van der Waals surface area contributed by atoms with Crippen molar-refractivity contribution in [1.29, 1.82) is 0 Å². The Hall–Kier alpha value is -3.45. The minimum Gasteiger partial charge on any atom is -0.508 e. The van der Waals surface area contributed by atoms with Crippen molar-refractivity contribution in [3.8, 4) is 17.0 Å². The van der Waals surface area contributed by atoms with Crippen LogP contribution in [0, 0.1) is 19.7 Å². The number of halogens is 1. The van der Waals surface area contributed by atoms with Gasteiger partial charge >= 0.3 is 0 Å². The Morgan fingerprint density at radius 2 is 1.86 bits per heavy atom. The number of aliphatic hydroxyl groups excluding tert-OH is 1. The van der Waals surface area contributed by atoms with Crippen LogP contribution < -0.4 is 5.32 Å². The Labute approximate surface area is 167 Å². The van der Waals surface area contributed by atoms with Gasteiger partial charge in [0.2, 0.25) is 0 Å². The highest BCUT2D eigenvalue weighted by Gasteiger charge is 2.15. The molecular formula is C22H21FN4O2. The molecule has 0 unspecified atom stereocenters. The van der Waals surface area contributed by atoms with Crippen LogP contribution >= 0.6 is 0 Å². The number of aromatic nitrogens is 3. The fraction of sp³-hybridized carbons (Fsp3) is 0.182. The molecule has 1 atom stereocenters. The molecule has 0 amide bonds. The Balaban J connectivity index is 1.67. The number of fused-ring (bicyclic) bond motifs is 1. The highest BCUT2D eigenvalue weighted by Crippen LogP contribution is 2.26. The van der Waals surface area contributed by atoms with E-state index in [1.165, 1.54) is 18.2 Å². The first-order chi connectivity index (χ1) is 13.9. The van der Waals surface area contributed by atoms with Gasteiger partial charge in [-0.2, -0.15) is 9.61 Å². The van der Waals surface area contributed by atoms with Crippen molar-refractivity contribution in [2.45, 2.75) is 20.0 Å². The highest BCUT2D eigenvalue weighted by atomic mass is 19.1.